The van der Waals surface area contributed by atoms with E-state index in [1.165, 1.54) is 12.1 Å². The van der Waals surface area contributed by atoms with Crippen LogP contribution < -0.4 is 9.62 Å². The van der Waals surface area contributed by atoms with Gasteiger partial charge in [0.2, 0.25) is 5.91 Å². The van der Waals surface area contributed by atoms with Crippen LogP contribution in [0.2, 0.25) is 5.02 Å². The molecule has 0 saturated heterocycles. The zero-order chi connectivity index (χ0) is 19.2. The molecule has 140 valence electrons. The molecule has 0 radical (unpaired) electrons. The molecular formula is C19H23ClN2O3S. The number of sulfonamides is 1. The van der Waals surface area contributed by atoms with Crippen LogP contribution in [0.25, 0.3) is 0 Å². The zero-order valence-electron chi connectivity index (χ0n) is 14.9. The topological polar surface area (TPSA) is 66.5 Å². The van der Waals surface area contributed by atoms with Crippen LogP contribution in [0.15, 0.2) is 59.5 Å². The lowest BCUT2D eigenvalue weighted by Crippen LogP contribution is -2.43. The first kappa shape index (κ1) is 20.3. The molecule has 1 amide bonds. The van der Waals surface area contributed by atoms with Crippen molar-refractivity contribution in [1.82, 2.24) is 5.32 Å². The number of nitrogens with one attached hydrogen (secondary N) is 1. The smallest absolute Gasteiger partial charge is 0.264 e. The van der Waals surface area contributed by atoms with Crippen molar-refractivity contribution in [3.05, 3.63) is 59.6 Å². The van der Waals surface area contributed by atoms with E-state index in [9.17, 15) is 13.2 Å². The molecule has 0 aliphatic carbocycles. The molecule has 0 bridgehead atoms. The normalized spacial score (nSPS) is 12.4. The Balaban J connectivity index is 2.38. The predicted molar refractivity (Wildman–Crippen MR) is 105 cm³/mol. The third-order valence-electron chi connectivity index (χ3n) is 3.87. The molecule has 0 saturated carbocycles. The zero-order valence-corrected chi connectivity index (χ0v) is 16.4. The minimum Gasteiger partial charge on any atom is -0.352 e. The van der Waals surface area contributed by atoms with Gasteiger partial charge in [0.1, 0.15) is 6.54 Å². The molecule has 7 heteroatoms. The third-order valence-corrected chi connectivity index (χ3v) is 5.96. The van der Waals surface area contributed by atoms with Gasteiger partial charge in [-0.15, -0.1) is 0 Å². The lowest BCUT2D eigenvalue weighted by Gasteiger charge is -2.25. The minimum absolute atomic E-state index is 0.0278. The Kier molecular flexibility index (Phi) is 7.06. The summed E-state index contributed by atoms with van der Waals surface area (Å²) >= 11 is 6.21. The van der Waals surface area contributed by atoms with Gasteiger partial charge in [0.25, 0.3) is 10.0 Å². The number of hydrogen-bond acceptors (Lipinski definition) is 3. The van der Waals surface area contributed by atoms with Crippen LogP contribution in [0, 0.1) is 0 Å². The van der Waals surface area contributed by atoms with Crippen molar-refractivity contribution in [1.29, 1.82) is 0 Å². The summed E-state index contributed by atoms with van der Waals surface area (Å²) in [5.41, 5.74) is 0.274. The van der Waals surface area contributed by atoms with Crippen molar-refractivity contribution in [2.75, 3.05) is 10.8 Å². The Morgan fingerprint density at radius 2 is 1.73 bits per heavy atom. The second-order valence-corrected chi connectivity index (χ2v) is 8.30. The fourth-order valence-corrected chi connectivity index (χ4v) is 4.38. The Labute approximate surface area is 160 Å². The summed E-state index contributed by atoms with van der Waals surface area (Å²) in [6, 6.07) is 14.6. The van der Waals surface area contributed by atoms with Crippen molar-refractivity contribution in [3.63, 3.8) is 0 Å². The van der Waals surface area contributed by atoms with Crippen molar-refractivity contribution in [3.8, 4) is 0 Å². The molecule has 0 heterocycles. The summed E-state index contributed by atoms with van der Waals surface area (Å²) in [7, 11) is -3.93. The number of halogens is 1. The van der Waals surface area contributed by atoms with Crippen molar-refractivity contribution >= 4 is 33.2 Å². The van der Waals surface area contributed by atoms with E-state index in [1.807, 2.05) is 13.8 Å². The number of para-hydroxylation sites is 1. The first-order valence-electron chi connectivity index (χ1n) is 8.48. The summed E-state index contributed by atoms with van der Waals surface area (Å²) in [4.78, 5) is 12.5. The van der Waals surface area contributed by atoms with Gasteiger partial charge >= 0.3 is 0 Å². The highest BCUT2D eigenvalue weighted by Crippen LogP contribution is 2.30. The number of anilines is 1. The minimum atomic E-state index is -3.93. The van der Waals surface area contributed by atoms with Gasteiger partial charge in [-0.25, -0.2) is 8.42 Å². The molecule has 2 aromatic carbocycles. The predicted octanol–water partition coefficient (Wildman–Crippen LogP) is 3.84. The lowest BCUT2D eigenvalue weighted by atomic mass is 10.2. The molecule has 0 fully saturated rings. The fourth-order valence-electron chi connectivity index (χ4n) is 2.63. The Bertz CT molecular complexity index is 841. The number of nitrogens with zero attached hydrogens (tertiary/aromatic N) is 1. The molecule has 0 aromatic heterocycles. The van der Waals surface area contributed by atoms with Crippen LogP contribution in [0.5, 0.6) is 0 Å². The molecule has 1 N–H and O–H groups in total. The highest BCUT2D eigenvalue weighted by molar-refractivity contribution is 7.92. The first-order chi connectivity index (χ1) is 12.4. The van der Waals surface area contributed by atoms with Crippen molar-refractivity contribution < 1.29 is 13.2 Å². The molecule has 0 unspecified atom stereocenters. The number of benzene rings is 2. The molecular weight excluding hydrogens is 372 g/mol. The Hall–Kier alpha value is -2.05. The number of carbonyl (C=O) groups is 1. The van der Waals surface area contributed by atoms with Gasteiger partial charge in [-0.05, 0) is 37.6 Å². The van der Waals surface area contributed by atoms with Crippen LogP contribution in [0.3, 0.4) is 0 Å². The lowest BCUT2D eigenvalue weighted by molar-refractivity contribution is -0.120. The van der Waals surface area contributed by atoms with Gasteiger partial charge in [-0.1, -0.05) is 55.3 Å². The maximum atomic E-state index is 13.1. The SMILES string of the molecule is CCC[C@@H](C)NC(=O)CN(c1ccccc1Cl)S(=O)(=O)c1ccccc1. The molecule has 2 rings (SSSR count). The first-order valence-corrected chi connectivity index (χ1v) is 10.3. The van der Waals surface area contributed by atoms with E-state index >= 15 is 0 Å². The second kappa shape index (κ2) is 9.05. The van der Waals surface area contributed by atoms with Gasteiger partial charge in [-0.2, -0.15) is 0 Å². The van der Waals surface area contributed by atoms with E-state index < -0.39 is 10.0 Å². The van der Waals surface area contributed by atoms with E-state index in [1.54, 1.807) is 42.5 Å². The van der Waals surface area contributed by atoms with E-state index in [0.717, 1.165) is 17.1 Å². The van der Waals surface area contributed by atoms with E-state index in [0.29, 0.717) is 0 Å². The maximum absolute atomic E-state index is 13.1. The number of amides is 1. The second-order valence-electron chi connectivity index (χ2n) is 6.03. The number of rotatable bonds is 8. The molecule has 0 aliphatic heterocycles. The summed E-state index contributed by atoms with van der Waals surface area (Å²) in [6.45, 7) is 3.58. The van der Waals surface area contributed by atoms with Gasteiger partial charge < -0.3 is 5.32 Å². The van der Waals surface area contributed by atoms with Crippen molar-refractivity contribution in [2.45, 2.75) is 37.6 Å². The molecule has 1 atom stereocenters. The Morgan fingerprint density at radius 3 is 2.35 bits per heavy atom. The molecule has 2 aromatic rings. The van der Waals surface area contributed by atoms with Crippen molar-refractivity contribution in [2.24, 2.45) is 0 Å². The molecule has 26 heavy (non-hydrogen) atoms. The van der Waals surface area contributed by atoms with Crippen LogP contribution in [-0.4, -0.2) is 26.9 Å². The maximum Gasteiger partial charge on any atom is 0.264 e. The van der Waals surface area contributed by atoms with Gasteiger partial charge in [0.05, 0.1) is 15.6 Å². The highest BCUT2D eigenvalue weighted by Gasteiger charge is 2.28. The number of carbonyl (C=O) groups excluding carboxylic acids is 1. The standard InChI is InChI=1S/C19H23ClN2O3S/c1-3-9-15(2)21-19(23)14-22(18-13-8-7-12-17(18)20)26(24,25)16-10-5-4-6-11-16/h4-8,10-13,15H,3,9,14H2,1-2H3,(H,21,23)/t15-/m1/s1. The average Bonchev–Trinajstić information content (AvgIpc) is 2.61. The van der Waals surface area contributed by atoms with Gasteiger partial charge in [0.15, 0.2) is 0 Å². The summed E-state index contributed by atoms with van der Waals surface area (Å²) < 4.78 is 27.3. The van der Waals surface area contributed by atoms with Gasteiger partial charge in [-0.3, -0.25) is 9.10 Å². The largest absolute Gasteiger partial charge is 0.352 e. The molecule has 0 spiro atoms. The van der Waals surface area contributed by atoms with Gasteiger partial charge in [0, 0.05) is 6.04 Å². The van der Waals surface area contributed by atoms with E-state index in [2.05, 4.69) is 5.32 Å². The third kappa shape index (κ3) is 4.99. The fraction of sp³-hybridized carbons (Fsp3) is 0.316. The van der Waals surface area contributed by atoms with Crippen LogP contribution in [0.1, 0.15) is 26.7 Å². The monoisotopic (exact) mass is 394 g/mol. The van der Waals surface area contributed by atoms with Crippen LogP contribution in [0.4, 0.5) is 5.69 Å². The summed E-state index contributed by atoms with van der Waals surface area (Å²) in [6.07, 6.45) is 1.75. The van der Waals surface area contributed by atoms with E-state index in [4.69, 9.17) is 11.6 Å². The van der Waals surface area contributed by atoms with Crippen LogP contribution in [-0.2, 0) is 14.8 Å². The summed E-state index contributed by atoms with van der Waals surface area (Å²) in [5, 5.41) is 3.10. The Morgan fingerprint density at radius 1 is 1.12 bits per heavy atom. The average molecular weight is 395 g/mol. The summed E-state index contributed by atoms with van der Waals surface area (Å²) in [5.74, 6) is -0.370. The molecule has 5 nitrogen and oxygen atoms in total. The quantitative estimate of drug-likeness (QED) is 0.739. The van der Waals surface area contributed by atoms with Crippen LogP contribution >= 0.6 is 11.6 Å². The molecule has 0 aliphatic rings. The number of hydrogen-bond donors (Lipinski definition) is 1. The van der Waals surface area contributed by atoms with E-state index in [-0.39, 0.29) is 34.1 Å². The highest BCUT2D eigenvalue weighted by atomic mass is 35.5.